The molecule has 0 aliphatic carbocycles. The van der Waals surface area contributed by atoms with Crippen molar-refractivity contribution in [1.82, 2.24) is 4.57 Å². The van der Waals surface area contributed by atoms with Crippen LogP contribution in [0.2, 0.25) is 0 Å². The number of fused-ring (bicyclic) bond motifs is 1. The number of aromatic nitrogens is 1. The molecule has 112 valence electrons. The van der Waals surface area contributed by atoms with Crippen molar-refractivity contribution in [2.75, 3.05) is 0 Å². The molecule has 1 aromatic carbocycles. The number of para-hydroxylation sites is 1. The average Bonchev–Trinajstić information content (AvgIpc) is 2.76. The van der Waals surface area contributed by atoms with Gasteiger partial charge in [-0.2, -0.15) is 0 Å². The van der Waals surface area contributed by atoms with Crippen molar-refractivity contribution >= 4 is 23.3 Å². The van der Waals surface area contributed by atoms with E-state index in [-0.39, 0.29) is 0 Å². The van der Waals surface area contributed by atoms with Gasteiger partial charge in [-0.1, -0.05) is 18.2 Å². The Morgan fingerprint density at radius 2 is 2.05 bits per heavy atom. The highest BCUT2D eigenvalue weighted by Crippen LogP contribution is 2.23. The predicted molar refractivity (Wildman–Crippen MR) is 81.3 cm³/mol. The van der Waals surface area contributed by atoms with Gasteiger partial charge in [-0.3, -0.25) is 4.57 Å². The predicted octanol–water partition coefficient (Wildman–Crippen LogP) is 2.49. The van der Waals surface area contributed by atoms with Gasteiger partial charge in [0.15, 0.2) is 0 Å². The van der Waals surface area contributed by atoms with E-state index in [9.17, 15) is 9.59 Å². The van der Waals surface area contributed by atoms with Crippen molar-refractivity contribution < 1.29 is 14.3 Å². The summed E-state index contributed by atoms with van der Waals surface area (Å²) in [5, 5.41) is 0.903. The van der Waals surface area contributed by atoms with Crippen molar-refractivity contribution in [2.24, 2.45) is 5.73 Å². The first-order chi connectivity index (χ1) is 9.81. The fraction of sp³-hybridized carbons (Fsp3) is 0.375. The zero-order valence-electron chi connectivity index (χ0n) is 12.5. The van der Waals surface area contributed by atoms with Crippen molar-refractivity contribution in [3.63, 3.8) is 0 Å². The monoisotopic (exact) mass is 288 g/mol. The second-order valence-corrected chi connectivity index (χ2v) is 6.03. The highest BCUT2D eigenvalue weighted by Gasteiger charge is 2.21. The van der Waals surface area contributed by atoms with E-state index in [0.29, 0.717) is 12.7 Å². The summed E-state index contributed by atoms with van der Waals surface area (Å²) in [6.45, 7) is 5.46. The van der Waals surface area contributed by atoms with E-state index in [2.05, 4.69) is 0 Å². The highest BCUT2D eigenvalue weighted by atomic mass is 16.6. The summed E-state index contributed by atoms with van der Waals surface area (Å²) in [5.74, 6) is 0. The average molecular weight is 288 g/mol. The number of hydrogen-bond acceptors (Lipinski definition) is 4. The van der Waals surface area contributed by atoms with Crippen LogP contribution in [-0.2, 0) is 16.0 Å². The molecule has 5 nitrogen and oxygen atoms in total. The molecule has 0 unspecified atom stereocenters. The van der Waals surface area contributed by atoms with Crippen LogP contribution < -0.4 is 5.73 Å². The first-order valence-corrected chi connectivity index (χ1v) is 6.85. The molecule has 0 saturated heterocycles. The van der Waals surface area contributed by atoms with Gasteiger partial charge in [0.1, 0.15) is 11.9 Å². The van der Waals surface area contributed by atoms with E-state index in [4.69, 9.17) is 10.5 Å². The summed E-state index contributed by atoms with van der Waals surface area (Å²) in [6, 6.07) is 6.91. The lowest BCUT2D eigenvalue weighted by Crippen LogP contribution is -2.27. The minimum atomic E-state index is -0.581. The van der Waals surface area contributed by atoms with Gasteiger partial charge in [0.25, 0.3) is 0 Å². The number of benzene rings is 1. The second-order valence-electron chi connectivity index (χ2n) is 6.03. The summed E-state index contributed by atoms with van der Waals surface area (Å²) in [5.41, 5.74) is 6.73. The Morgan fingerprint density at radius 3 is 2.67 bits per heavy atom. The van der Waals surface area contributed by atoms with E-state index in [0.717, 1.165) is 16.5 Å². The van der Waals surface area contributed by atoms with Crippen LogP contribution >= 0.6 is 0 Å². The van der Waals surface area contributed by atoms with E-state index >= 15 is 0 Å². The molecule has 0 bridgehead atoms. The number of aldehydes is 1. The van der Waals surface area contributed by atoms with E-state index < -0.39 is 17.7 Å². The van der Waals surface area contributed by atoms with Crippen molar-refractivity contribution in [3.8, 4) is 0 Å². The van der Waals surface area contributed by atoms with Crippen LogP contribution in [0.3, 0.4) is 0 Å². The molecule has 0 saturated carbocycles. The van der Waals surface area contributed by atoms with Crippen molar-refractivity contribution in [2.45, 2.75) is 38.8 Å². The maximum atomic E-state index is 12.3. The van der Waals surface area contributed by atoms with Crippen LogP contribution in [0.5, 0.6) is 0 Å². The SMILES string of the molecule is CC(C)(C)OC(=O)n1cc(C[C@H](N)C=O)c2ccccc21. The molecule has 0 amide bonds. The fourth-order valence-corrected chi connectivity index (χ4v) is 2.18. The van der Waals surface area contributed by atoms with Crippen LogP contribution in [0.15, 0.2) is 30.5 Å². The third-order valence-electron chi connectivity index (χ3n) is 3.02. The maximum Gasteiger partial charge on any atom is 0.419 e. The molecule has 21 heavy (non-hydrogen) atoms. The molecular weight excluding hydrogens is 268 g/mol. The van der Waals surface area contributed by atoms with E-state index in [1.807, 2.05) is 45.0 Å². The molecule has 0 spiro atoms. The second kappa shape index (κ2) is 5.69. The summed E-state index contributed by atoms with van der Waals surface area (Å²) >= 11 is 0. The number of nitrogens with zero attached hydrogens (tertiary/aromatic N) is 1. The first-order valence-electron chi connectivity index (χ1n) is 6.85. The van der Waals surface area contributed by atoms with Gasteiger partial charge in [0.05, 0.1) is 11.6 Å². The number of hydrogen-bond donors (Lipinski definition) is 1. The zero-order chi connectivity index (χ0) is 15.6. The molecule has 0 aliphatic rings. The van der Waals surface area contributed by atoms with Crippen molar-refractivity contribution in [1.29, 1.82) is 0 Å². The third kappa shape index (κ3) is 3.49. The molecular formula is C16H20N2O3. The number of ether oxygens (including phenoxy) is 1. The molecule has 2 rings (SSSR count). The van der Waals surface area contributed by atoms with Gasteiger partial charge in [0, 0.05) is 11.6 Å². The number of carbonyl (C=O) groups is 2. The summed E-state index contributed by atoms with van der Waals surface area (Å²) in [7, 11) is 0. The normalized spacial score (nSPS) is 13.1. The summed E-state index contributed by atoms with van der Waals surface area (Å²) in [4.78, 5) is 23.0. The Labute approximate surface area is 123 Å². The maximum absolute atomic E-state index is 12.3. The zero-order valence-corrected chi connectivity index (χ0v) is 12.5. The van der Waals surface area contributed by atoms with Crippen LogP contribution in [0, 0.1) is 0 Å². The number of nitrogens with two attached hydrogens (primary N) is 1. The molecule has 1 heterocycles. The molecule has 0 radical (unpaired) electrons. The molecule has 1 atom stereocenters. The largest absolute Gasteiger partial charge is 0.443 e. The van der Waals surface area contributed by atoms with Crippen LogP contribution in [-0.4, -0.2) is 28.6 Å². The lowest BCUT2D eigenvalue weighted by molar-refractivity contribution is -0.108. The third-order valence-corrected chi connectivity index (χ3v) is 3.02. The Morgan fingerprint density at radius 1 is 1.38 bits per heavy atom. The molecule has 5 heteroatoms. The molecule has 1 aromatic heterocycles. The van der Waals surface area contributed by atoms with Crippen LogP contribution in [0.4, 0.5) is 4.79 Å². The Bertz CT molecular complexity index is 668. The molecule has 2 N–H and O–H groups in total. The highest BCUT2D eigenvalue weighted by molar-refractivity contribution is 5.92. The molecule has 0 fully saturated rings. The Balaban J connectivity index is 2.45. The van der Waals surface area contributed by atoms with Crippen LogP contribution in [0.1, 0.15) is 26.3 Å². The molecule has 2 aromatic rings. The van der Waals surface area contributed by atoms with Gasteiger partial charge >= 0.3 is 6.09 Å². The lowest BCUT2D eigenvalue weighted by atomic mass is 10.1. The van der Waals surface area contributed by atoms with Gasteiger partial charge in [-0.05, 0) is 38.8 Å². The van der Waals surface area contributed by atoms with Crippen molar-refractivity contribution in [3.05, 3.63) is 36.0 Å². The van der Waals surface area contributed by atoms with Gasteiger partial charge in [-0.15, -0.1) is 0 Å². The number of rotatable bonds is 3. The first kappa shape index (κ1) is 15.3. The lowest BCUT2D eigenvalue weighted by Gasteiger charge is -2.19. The van der Waals surface area contributed by atoms with E-state index in [1.165, 1.54) is 4.57 Å². The van der Waals surface area contributed by atoms with Crippen LogP contribution in [0.25, 0.3) is 10.9 Å². The van der Waals surface area contributed by atoms with Gasteiger partial charge in [0.2, 0.25) is 0 Å². The molecule has 0 aliphatic heterocycles. The summed E-state index contributed by atoms with van der Waals surface area (Å²) < 4.78 is 6.87. The minimum absolute atomic E-state index is 0.389. The summed E-state index contributed by atoms with van der Waals surface area (Å²) in [6.07, 6.45) is 2.35. The Kier molecular flexibility index (Phi) is 4.14. The topological polar surface area (TPSA) is 74.3 Å². The number of carbonyl (C=O) groups excluding carboxylic acids is 2. The van der Waals surface area contributed by atoms with Gasteiger partial charge in [-0.25, -0.2) is 4.79 Å². The fourth-order valence-electron chi connectivity index (χ4n) is 2.18. The van der Waals surface area contributed by atoms with E-state index in [1.54, 1.807) is 6.20 Å². The Hall–Kier alpha value is -2.14. The minimum Gasteiger partial charge on any atom is -0.443 e. The quantitative estimate of drug-likeness (QED) is 0.881. The standard InChI is InChI=1S/C16H20N2O3/c1-16(2,3)21-15(20)18-9-11(8-12(17)10-19)13-6-4-5-7-14(13)18/h4-7,9-10,12H,8,17H2,1-3H3/t12-/m0/s1. The smallest absolute Gasteiger partial charge is 0.419 e. The van der Waals surface area contributed by atoms with Gasteiger partial charge < -0.3 is 15.3 Å².